The maximum absolute atomic E-state index is 5.76. The maximum atomic E-state index is 5.76. The second-order valence-corrected chi connectivity index (χ2v) is 4.45. The van der Waals surface area contributed by atoms with E-state index >= 15 is 0 Å². The van der Waals surface area contributed by atoms with Crippen molar-refractivity contribution in [2.45, 2.75) is 32.1 Å². The zero-order valence-electron chi connectivity index (χ0n) is 8.74. The molecular formula is C11H20N2O. The van der Waals surface area contributed by atoms with Gasteiger partial charge in [-0.15, -0.1) is 0 Å². The molecule has 2 aliphatic rings. The van der Waals surface area contributed by atoms with Crippen LogP contribution in [-0.2, 0) is 4.74 Å². The lowest BCUT2D eigenvalue weighted by atomic mass is 10.4. The van der Waals surface area contributed by atoms with E-state index in [0.717, 1.165) is 37.9 Å². The minimum Gasteiger partial charge on any atom is -0.387 e. The van der Waals surface area contributed by atoms with Gasteiger partial charge in [0.25, 0.3) is 0 Å². The first-order valence-corrected chi connectivity index (χ1v) is 5.74. The van der Waals surface area contributed by atoms with Gasteiger partial charge in [0.05, 0.1) is 5.84 Å². The van der Waals surface area contributed by atoms with Gasteiger partial charge in [0, 0.05) is 25.7 Å². The van der Waals surface area contributed by atoms with Crippen LogP contribution in [0.25, 0.3) is 0 Å². The van der Waals surface area contributed by atoms with Crippen LogP contribution in [0.5, 0.6) is 0 Å². The average Bonchev–Trinajstić information content (AvgIpc) is 3.04. The van der Waals surface area contributed by atoms with E-state index in [1.165, 1.54) is 25.7 Å². The molecule has 2 fully saturated rings. The SMILES string of the molecule is NC(=NCCCOCC1CC1)C1CC1. The summed E-state index contributed by atoms with van der Waals surface area (Å²) in [4.78, 5) is 4.33. The summed E-state index contributed by atoms with van der Waals surface area (Å²) < 4.78 is 5.51. The lowest BCUT2D eigenvalue weighted by Crippen LogP contribution is -2.14. The van der Waals surface area contributed by atoms with Crippen LogP contribution in [-0.4, -0.2) is 25.6 Å². The van der Waals surface area contributed by atoms with Crippen LogP contribution in [0.15, 0.2) is 4.99 Å². The highest BCUT2D eigenvalue weighted by molar-refractivity contribution is 5.84. The van der Waals surface area contributed by atoms with Gasteiger partial charge in [-0.3, -0.25) is 4.99 Å². The first-order valence-electron chi connectivity index (χ1n) is 5.74. The quantitative estimate of drug-likeness (QED) is 0.382. The fourth-order valence-corrected chi connectivity index (χ4v) is 1.42. The monoisotopic (exact) mass is 196 g/mol. The first kappa shape index (κ1) is 9.97. The second kappa shape index (κ2) is 4.78. The molecule has 0 aromatic carbocycles. The first-order chi connectivity index (χ1) is 6.86. The predicted molar refractivity (Wildman–Crippen MR) is 57.4 cm³/mol. The molecule has 2 rings (SSSR count). The third kappa shape index (κ3) is 3.66. The van der Waals surface area contributed by atoms with Gasteiger partial charge in [-0.25, -0.2) is 0 Å². The molecule has 0 aromatic heterocycles. The van der Waals surface area contributed by atoms with Crippen molar-refractivity contribution in [3.8, 4) is 0 Å². The van der Waals surface area contributed by atoms with Gasteiger partial charge in [0.1, 0.15) is 0 Å². The summed E-state index contributed by atoms with van der Waals surface area (Å²) >= 11 is 0. The lowest BCUT2D eigenvalue weighted by molar-refractivity contribution is 0.123. The summed E-state index contributed by atoms with van der Waals surface area (Å²) in [5.74, 6) is 2.35. The Bertz CT molecular complexity index is 207. The summed E-state index contributed by atoms with van der Waals surface area (Å²) in [7, 11) is 0. The van der Waals surface area contributed by atoms with E-state index in [0.29, 0.717) is 5.92 Å². The van der Waals surface area contributed by atoms with Gasteiger partial charge in [-0.2, -0.15) is 0 Å². The van der Waals surface area contributed by atoms with Crippen molar-refractivity contribution in [3.05, 3.63) is 0 Å². The Labute approximate surface area is 85.7 Å². The topological polar surface area (TPSA) is 47.6 Å². The molecule has 2 N–H and O–H groups in total. The molecule has 2 saturated carbocycles. The van der Waals surface area contributed by atoms with Gasteiger partial charge in [0.2, 0.25) is 0 Å². The van der Waals surface area contributed by atoms with E-state index in [1.54, 1.807) is 0 Å². The summed E-state index contributed by atoms with van der Waals surface area (Å²) in [6.45, 7) is 2.65. The molecule has 0 atom stereocenters. The molecular weight excluding hydrogens is 176 g/mol. The summed E-state index contributed by atoms with van der Waals surface area (Å²) in [6, 6.07) is 0. The molecule has 0 bridgehead atoms. The van der Waals surface area contributed by atoms with E-state index in [-0.39, 0.29) is 0 Å². The Balaban J connectivity index is 1.43. The highest BCUT2D eigenvalue weighted by Crippen LogP contribution is 2.29. The normalized spacial score (nSPS) is 22.7. The van der Waals surface area contributed by atoms with Crippen molar-refractivity contribution in [2.24, 2.45) is 22.6 Å². The predicted octanol–water partition coefficient (Wildman–Crippen LogP) is 1.57. The van der Waals surface area contributed by atoms with Gasteiger partial charge in [-0.05, 0) is 38.0 Å². The molecule has 0 unspecified atom stereocenters. The maximum Gasteiger partial charge on any atom is 0.0968 e. The van der Waals surface area contributed by atoms with Gasteiger partial charge in [0.15, 0.2) is 0 Å². The molecule has 0 aliphatic heterocycles. The average molecular weight is 196 g/mol. The Morgan fingerprint density at radius 1 is 1.29 bits per heavy atom. The van der Waals surface area contributed by atoms with Crippen LogP contribution >= 0.6 is 0 Å². The minimum atomic E-state index is 0.613. The molecule has 3 heteroatoms. The molecule has 0 saturated heterocycles. The summed E-state index contributed by atoms with van der Waals surface area (Å²) in [6.07, 6.45) is 6.24. The van der Waals surface area contributed by atoms with Crippen molar-refractivity contribution in [1.29, 1.82) is 0 Å². The van der Waals surface area contributed by atoms with E-state index in [2.05, 4.69) is 4.99 Å². The number of aliphatic imine (C=N–C) groups is 1. The van der Waals surface area contributed by atoms with Crippen molar-refractivity contribution < 1.29 is 4.74 Å². The van der Waals surface area contributed by atoms with Crippen LogP contribution in [0.3, 0.4) is 0 Å². The Kier molecular flexibility index (Phi) is 3.40. The van der Waals surface area contributed by atoms with Crippen molar-refractivity contribution >= 4 is 5.84 Å². The van der Waals surface area contributed by atoms with Crippen LogP contribution in [0, 0.1) is 11.8 Å². The summed E-state index contributed by atoms with van der Waals surface area (Å²) in [5, 5.41) is 0. The van der Waals surface area contributed by atoms with Crippen molar-refractivity contribution in [3.63, 3.8) is 0 Å². The number of ether oxygens (including phenoxy) is 1. The fourth-order valence-electron chi connectivity index (χ4n) is 1.42. The summed E-state index contributed by atoms with van der Waals surface area (Å²) in [5.41, 5.74) is 5.76. The van der Waals surface area contributed by atoms with Crippen LogP contribution < -0.4 is 5.73 Å². The molecule has 2 aliphatic carbocycles. The van der Waals surface area contributed by atoms with Crippen molar-refractivity contribution in [1.82, 2.24) is 0 Å². The van der Waals surface area contributed by atoms with E-state index in [1.807, 2.05) is 0 Å². The number of hydrogen-bond donors (Lipinski definition) is 1. The molecule has 0 amide bonds. The molecule has 14 heavy (non-hydrogen) atoms. The van der Waals surface area contributed by atoms with Gasteiger partial charge in [-0.1, -0.05) is 0 Å². The molecule has 0 spiro atoms. The third-order valence-electron chi connectivity index (χ3n) is 2.79. The number of amidine groups is 1. The molecule has 0 heterocycles. The Morgan fingerprint density at radius 2 is 2.07 bits per heavy atom. The van der Waals surface area contributed by atoms with E-state index < -0.39 is 0 Å². The zero-order chi connectivity index (χ0) is 9.80. The minimum absolute atomic E-state index is 0.613. The van der Waals surface area contributed by atoms with Gasteiger partial charge < -0.3 is 10.5 Å². The second-order valence-electron chi connectivity index (χ2n) is 4.45. The van der Waals surface area contributed by atoms with Crippen molar-refractivity contribution in [2.75, 3.05) is 19.8 Å². The highest BCUT2D eigenvalue weighted by atomic mass is 16.5. The third-order valence-corrected chi connectivity index (χ3v) is 2.79. The number of hydrogen-bond acceptors (Lipinski definition) is 2. The standard InChI is InChI=1S/C11H20N2O/c12-11(10-4-5-10)13-6-1-7-14-8-9-2-3-9/h9-10H,1-8H2,(H2,12,13). The molecule has 0 radical (unpaired) electrons. The molecule has 3 nitrogen and oxygen atoms in total. The number of nitrogens with two attached hydrogens (primary N) is 1. The number of rotatable bonds is 7. The molecule has 0 aromatic rings. The Hall–Kier alpha value is -0.570. The van der Waals surface area contributed by atoms with Crippen LogP contribution in [0.2, 0.25) is 0 Å². The van der Waals surface area contributed by atoms with Gasteiger partial charge >= 0.3 is 0 Å². The molecule has 80 valence electrons. The highest BCUT2D eigenvalue weighted by Gasteiger charge is 2.25. The lowest BCUT2D eigenvalue weighted by Gasteiger charge is -2.01. The fraction of sp³-hybridized carbons (Fsp3) is 0.909. The smallest absolute Gasteiger partial charge is 0.0968 e. The van der Waals surface area contributed by atoms with E-state index in [4.69, 9.17) is 10.5 Å². The largest absolute Gasteiger partial charge is 0.387 e. The zero-order valence-corrected chi connectivity index (χ0v) is 8.74. The van der Waals surface area contributed by atoms with E-state index in [9.17, 15) is 0 Å². The van der Waals surface area contributed by atoms with Crippen LogP contribution in [0.4, 0.5) is 0 Å². The Morgan fingerprint density at radius 3 is 2.71 bits per heavy atom. The van der Waals surface area contributed by atoms with Crippen LogP contribution in [0.1, 0.15) is 32.1 Å². The number of nitrogens with zero attached hydrogens (tertiary/aromatic N) is 1.